The van der Waals surface area contributed by atoms with E-state index >= 15 is 0 Å². The number of amides is 1. The van der Waals surface area contributed by atoms with Crippen molar-refractivity contribution in [1.29, 1.82) is 0 Å². The topological polar surface area (TPSA) is 51.0 Å². The van der Waals surface area contributed by atoms with Crippen molar-refractivity contribution in [3.8, 4) is 0 Å². The summed E-state index contributed by atoms with van der Waals surface area (Å²) in [5.74, 6) is 1.58. The van der Waals surface area contributed by atoms with Crippen LogP contribution in [0.3, 0.4) is 0 Å². The van der Waals surface area contributed by atoms with Crippen molar-refractivity contribution in [2.24, 2.45) is 0 Å². The summed E-state index contributed by atoms with van der Waals surface area (Å²) in [5.41, 5.74) is 1.22. The lowest BCUT2D eigenvalue weighted by Gasteiger charge is -2.32. The maximum Gasteiger partial charge on any atom is 0.222 e. The zero-order valence-electron chi connectivity index (χ0n) is 13.7. The smallest absolute Gasteiger partial charge is 0.222 e. The highest BCUT2D eigenvalue weighted by Crippen LogP contribution is 2.26. The van der Waals surface area contributed by atoms with E-state index in [1.165, 1.54) is 5.56 Å². The van der Waals surface area contributed by atoms with Gasteiger partial charge in [0.15, 0.2) is 0 Å². The fraction of sp³-hybridized carbons (Fsp3) is 0.500. The summed E-state index contributed by atoms with van der Waals surface area (Å²) in [6.07, 6.45) is 5.30. The first-order valence-electron chi connectivity index (χ1n) is 8.47. The molecule has 1 fully saturated rings. The van der Waals surface area contributed by atoms with Crippen LogP contribution >= 0.6 is 0 Å². The minimum atomic E-state index is 0.251. The lowest BCUT2D eigenvalue weighted by atomic mass is 9.96. The molecule has 122 valence electrons. The summed E-state index contributed by atoms with van der Waals surface area (Å²) in [6, 6.07) is 10.2. The van der Waals surface area contributed by atoms with Gasteiger partial charge in [-0.1, -0.05) is 30.3 Å². The fourth-order valence-electron chi connectivity index (χ4n) is 3.29. The number of nitrogens with zero attached hydrogens (tertiary/aromatic N) is 4. The molecule has 0 spiro atoms. The van der Waals surface area contributed by atoms with E-state index < -0.39 is 0 Å². The standard InChI is InChI=1S/C18H24N4O/c1-2-21-14-19-20-18(21)16-9-6-12-22(13-16)17(23)11-10-15-7-4-3-5-8-15/h3-5,7-8,14,16H,2,6,9-13H2,1H3/t16-/m0/s1. The van der Waals surface area contributed by atoms with E-state index in [0.717, 1.165) is 44.7 Å². The van der Waals surface area contributed by atoms with Crippen molar-refractivity contribution >= 4 is 5.91 Å². The van der Waals surface area contributed by atoms with Gasteiger partial charge in [0.25, 0.3) is 0 Å². The molecule has 1 amide bonds. The number of rotatable bonds is 5. The average molecular weight is 312 g/mol. The van der Waals surface area contributed by atoms with Gasteiger partial charge in [-0.25, -0.2) is 0 Å². The van der Waals surface area contributed by atoms with Crippen LogP contribution in [0.25, 0.3) is 0 Å². The van der Waals surface area contributed by atoms with Crippen molar-refractivity contribution in [3.05, 3.63) is 48.0 Å². The van der Waals surface area contributed by atoms with Gasteiger partial charge in [0.2, 0.25) is 5.91 Å². The molecule has 3 rings (SSSR count). The molecule has 1 saturated heterocycles. The van der Waals surface area contributed by atoms with Crippen molar-refractivity contribution in [1.82, 2.24) is 19.7 Å². The van der Waals surface area contributed by atoms with Crippen LogP contribution in [0.1, 0.15) is 43.5 Å². The van der Waals surface area contributed by atoms with Crippen LogP contribution in [0.5, 0.6) is 0 Å². The highest BCUT2D eigenvalue weighted by Gasteiger charge is 2.27. The van der Waals surface area contributed by atoms with Crippen molar-refractivity contribution < 1.29 is 4.79 Å². The zero-order valence-corrected chi connectivity index (χ0v) is 13.7. The second kappa shape index (κ2) is 7.40. The van der Waals surface area contributed by atoms with Gasteiger partial charge in [-0.3, -0.25) is 4.79 Å². The number of likely N-dealkylation sites (tertiary alicyclic amines) is 1. The van der Waals surface area contributed by atoms with Gasteiger partial charge in [-0.2, -0.15) is 0 Å². The third-order valence-electron chi connectivity index (χ3n) is 4.60. The Morgan fingerprint density at radius 3 is 2.91 bits per heavy atom. The van der Waals surface area contributed by atoms with E-state index in [4.69, 9.17) is 0 Å². The van der Waals surface area contributed by atoms with Crippen LogP contribution in [0.4, 0.5) is 0 Å². The molecule has 0 saturated carbocycles. The van der Waals surface area contributed by atoms with Gasteiger partial charge in [-0.15, -0.1) is 10.2 Å². The second-order valence-corrected chi connectivity index (χ2v) is 6.14. The largest absolute Gasteiger partial charge is 0.342 e. The Bertz CT molecular complexity index is 637. The van der Waals surface area contributed by atoms with Crippen molar-refractivity contribution in [2.45, 2.75) is 45.1 Å². The molecule has 0 aliphatic carbocycles. The molecule has 1 aromatic carbocycles. The van der Waals surface area contributed by atoms with E-state index in [1.807, 2.05) is 23.1 Å². The summed E-state index contributed by atoms with van der Waals surface area (Å²) in [6.45, 7) is 4.61. The average Bonchev–Trinajstić information content (AvgIpc) is 3.09. The maximum atomic E-state index is 12.5. The Kier molecular flexibility index (Phi) is 5.05. The molecule has 1 aliphatic heterocycles. The molecule has 0 unspecified atom stereocenters. The summed E-state index contributed by atoms with van der Waals surface area (Å²) in [4.78, 5) is 14.5. The number of aromatic nitrogens is 3. The highest BCUT2D eigenvalue weighted by atomic mass is 16.2. The maximum absolute atomic E-state index is 12.5. The Labute approximate surface area is 137 Å². The number of carbonyl (C=O) groups excluding carboxylic acids is 1. The molecular weight excluding hydrogens is 288 g/mol. The van der Waals surface area contributed by atoms with Crippen molar-refractivity contribution in [2.75, 3.05) is 13.1 Å². The summed E-state index contributed by atoms with van der Waals surface area (Å²) in [7, 11) is 0. The van der Waals surface area contributed by atoms with Gasteiger partial charge in [0.1, 0.15) is 12.2 Å². The van der Waals surface area contributed by atoms with Gasteiger partial charge >= 0.3 is 0 Å². The quantitative estimate of drug-likeness (QED) is 0.853. The first-order chi connectivity index (χ1) is 11.3. The van der Waals surface area contributed by atoms with Crippen LogP contribution in [0.15, 0.2) is 36.7 Å². The minimum absolute atomic E-state index is 0.251. The van der Waals surface area contributed by atoms with Crippen LogP contribution < -0.4 is 0 Å². The normalized spacial score (nSPS) is 18.1. The highest BCUT2D eigenvalue weighted by molar-refractivity contribution is 5.76. The van der Waals surface area contributed by atoms with Gasteiger partial charge in [0.05, 0.1) is 0 Å². The van der Waals surface area contributed by atoms with E-state index in [1.54, 1.807) is 6.33 Å². The molecule has 0 radical (unpaired) electrons. The number of carbonyl (C=O) groups is 1. The Balaban J connectivity index is 1.58. The molecule has 23 heavy (non-hydrogen) atoms. The molecule has 5 nitrogen and oxygen atoms in total. The fourth-order valence-corrected chi connectivity index (χ4v) is 3.29. The molecule has 5 heteroatoms. The zero-order chi connectivity index (χ0) is 16.1. The number of aryl methyl sites for hydroxylation is 2. The third kappa shape index (κ3) is 3.78. The molecule has 2 heterocycles. The third-order valence-corrected chi connectivity index (χ3v) is 4.60. The van der Waals surface area contributed by atoms with E-state index in [2.05, 4.69) is 33.8 Å². The number of benzene rings is 1. The molecule has 0 bridgehead atoms. The summed E-state index contributed by atoms with van der Waals surface area (Å²) < 4.78 is 2.09. The predicted molar refractivity (Wildman–Crippen MR) is 89.0 cm³/mol. The molecule has 1 aromatic heterocycles. The van der Waals surface area contributed by atoms with E-state index in [-0.39, 0.29) is 5.91 Å². The number of piperidine rings is 1. The lowest BCUT2D eigenvalue weighted by molar-refractivity contribution is -0.132. The first-order valence-corrected chi connectivity index (χ1v) is 8.47. The Hall–Kier alpha value is -2.17. The lowest BCUT2D eigenvalue weighted by Crippen LogP contribution is -2.39. The van der Waals surface area contributed by atoms with Gasteiger partial charge in [0, 0.05) is 32.0 Å². The monoisotopic (exact) mass is 312 g/mol. The van der Waals surface area contributed by atoms with Crippen LogP contribution in [0.2, 0.25) is 0 Å². The first kappa shape index (κ1) is 15.7. The molecule has 1 aliphatic rings. The van der Waals surface area contributed by atoms with Crippen LogP contribution in [0, 0.1) is 0 Å². The van der Waals surface area contributed by atoms with Crippen molar-refractivity contribution in [3.63, 3.8) is 0 Å². The van der Waals surface area contributed by atoms with E-state index in [0.29, 0.717) is 12.3 Å². The molecule has 2 aromatic rings. The van der Waals surface area contributed by atoms with Crippen LogP contribution in [-0.4, -0.2) is 38.7 Å². The summed E-state index contributed by atoms with van der Waals surface area (Å²) >= 11 is 0. The predicted octanol–water partition coefficient (Wildman–Crippen LogP) is 2.64. The second-order valence-electron chi connectivity index (χ2n) is 6.14. The Morgan fingerprint density at radius 1 is 1.30 bits per heavy atom. The van der Waals surface area contributed by atoms with Crippen LogP contribution in [-0.2, 0) is 17.8 Å². The number of hydrogen-bond acceptors (Lipinski definition) is 3. The molecule has 1 atom stereocenters. The number of hydrogen-bond donors (Lipinski definition) is 0. The van der Waals surface area contributed by atoms with Gasteiger partial charge < -0.3 is 9.47 Å². The van der Waals surface area contributed by atoms with E-state index in [9.17, 15) is 4.79 Å². The molecule has 0 N–H and O–H groups in total. The molecular formula is C18H24N4O. The SMILES string of the molecule is CCn1cnnc1[C@H]1CCCN(C(=O)CCc2ccccc2)C1. The Morgan fingerprint density at radius 2 is 2.13 bits per heavy atom. The van der Waals surface area contributed by atoms with Gasteiger partial charge in [-0.05, 0) is 31.7 Å². The summed E-state index contributed by atoms with van der Waals surface area (Å²) in [5, 5.41) is 8.30. The minimum Gasteiger partial charge on any atom is -0.342 e.